The molecule has 0 aromatic heterocycles. The predicted octanol–water partition coefficient (Wildman–Crippen LogP) is 2.91. The number of ether oxygens (including phenoxy) is 1. The highest BCUT2D eigenvalue weighted by Crippen LogP contribution is 2.47. The molecule has 0 radical (unpaired) electrons. The van der Waals surface area contributed by atoms with Crippen molar-refractivity contribution in [3.63, 3.8) is 0 Å². The minimum atomic E-state index is -3.56. The van der Waals surface area contributed by atoms with Crippen molar-refractivity contribution in [3.8, 4) is 5.75 Å². The molecule has 1 heterocycles. The summed E-state index contributed by atoms with van der Waals surface area (Å²) in [5, 5.41) is 2.26. The molecule has 32 heavy (non-hydrogen) atoms. The van der Waals surface area contributed by atoms with Crippen LogP contribution in [0.3, 0.4) is 0 Å². The van der Waals surface area contributed by atoms with Crippen molar-refractivity contribution in [2.45, 2.75) is 56.9 Å². The second kappa shape index (κ2) is 9.31. The van der Waals surface area contributed by atoms with Crippen LogP contribution in [0.15, 0.2) is 30.4 Å². The van der Waals surface area contributed by atoms with E-state index in [1.54, 1.807) is 24.3 Å². The number of amides is 2. The summed E-state index contributed by atoms with van der Waals surface area (Å²) in [6.45, 7) is 0.488. The molecule has 0 spiro atoms. The van der Waals surface area contributed by atoms with Crippen LogP contribution in [-0.2, 0) is 25.2 Å². The van der Waals surface area contributed by atoms with Gasteiger partial charge >= 0.3 is 0 Å². The zero-order valence-electron chi connectivity index (χ0n) is 17.9. The molecule has 2 saturated carbocycles. The summed E-state index contributed by atoms with van der Waals surface area (Å²) in [4.78, 5) is 22.7. The molecule has 0 bridgehead atoms. The molecule has 3 fully saturated rings. The fraction of sp³-hybridized carbons (Fsp3) is 0.565. The Morgan fingerprint density at radius 1 is 1.22 bits per heavy atom. The van der Waals surface area contributed by atoms with E-state index in [9.17, 15) is 22.4 Å². The first-order valence-corrected chi connectivity index (χ1v) is 12.8. The van der Waals surface area contributed by atoms with Crippen LogP contribution in [0.2, 0.25) is 0 Å². The normalized spacial score (nSPS) is 22.7. The zero-order valence-corrected chi connectivity index (χ0v) is 18.8. The maximum atomic E-state index is 14.2. The van der Waals surface area contributed by atoms with Crippen LogP contribution < -0.4 is 14.8 Å². The van der Waals surface area contributed by atoms with Crippen LogP contribution in [0, 0.1) is 17.7 Å². The van der Waals surface area contributed by atoms with E-state index in [0.29, 0.717) is 38.2 Å². The molecule has 174 valence electrons. The number of imide groups is 1. The Hall–Kier alpha value is -2.26. The largest absolute Gasteiger partial charge is 0.490 e. The van der Waals surface area contributed by atoms with Gasteiger partial charge in [0.2, 0.25) is 21.8 Å². The fourth-order valence-corrected chi connectivity index (χ4v) is 5.57. The average molecular weight is 465 g/mol. The van der Waals surface area contributed by atoms with Gasteiger partial charge in [-0.15, -0.1) is 0 Å². The van der Waals surface area contributed by atoms with Crippen molar-refractivity contribution < 1.29 is 27.1 Å². The van der Waals surface area contributed by atoms with Crippen LogP contribution in [0.4, 0.5) is 4.39 Å². The van der Waals surface area contributed by atoms with Crippen LogP contribution in [0.25, 0.3) is 0 Å². The van der Waals surface area contributed by atoms with Crippen molar-refractivity contribution in [3.05, 3.63) is 41.7 Å². The maximum absolute atomic E-state index is 14.2. The van der Waals surface area contributed by atoms with Gasteiger partial charge in [-0.2, -0.15) is 0 Å². The Morgan fingerprint density at radius 2 is 2.00 bits per heavy atom. The topological polar surface area (TPSA) is 102 Å². The van der Waals surface area contributed by atoms with Gasteiger partial charge in [-0.25, -0.2) is 17.5 Å². The second-order valence-corrected chi connectivity index (χ2v) is 10.9. The van der Waals surface area contributed by atoms with Gasteiger partial charge < -0.3 is 4.74 Å². The summed E-state index contributed by atoms with van der Waals surface area (Å²) in [6, 6.07) is 4.58. The van der Waals surface area contributed by atoms with E-state index in [2.05, 4.69) is 10.0 Å². The molecule has 4 rings (SSSR count). The third kappa shape index (κ3) is 5.56. The number of allylic oxidation sites excluding steroid dienone is 2. The first-order chi connectivity index (χ1) is 15.3. The molecule has 1 aromatic rings. The molecular formula is C23H29FN2O5S. The predicted molar refractivity (Wildman–Crippen MR) is 117 cm³/mol. The number of sulfonamides is 1. The molecule has 2 N–H and O–H groups in total. The van der Waals surface area contributed by atoms with Crippen LogP contribution in [-0.4, -0.2) is 32.6 Å². The smallest absolute Gasteiger partial charge is 0.230 e. The molecule has 1 aliphatic heterocycles. The number of carbonyl (C=O) groups excluding carboxylic acids is 2. The third-order valence-electron chi connectivity index (χ3n) is 6.49. The lowest BCUT2D eigenvalue weighted by molar-refractivity contribution is -0.125. The number of benzene rings is 1. The minimum Gasteiger partial charge on any atom is -0.490 e. The van der Waals surface area contributed by atoms with E-state index in [0.717, 1.165) is 18.4 Å². The first kappa shape index (κ1) is 22.9. The molecule has 1 unspecified atom stereocenters. The first-order valence-electron chi connectivity index (χ1n) is 11.2. The number of nitrogens with one attached hydrogen (secondary N) is 2. The lowest BCUT2D eigenvalue weighted by Gasteiger charge is -2.25. The summed E-state index contributed by atoms with van der Waals surface area (Å²) in [7, 11) is -3.56. The number of rotatable bonds is 11. The van der Waals surface area contributed by atoms with Crippen molar-refractivity contribution in [1.29, 1.82) is 0 Å². The Morgan fingerprint density at radius 3 is 2.62 bits per heavy atom. The molecule has 9 heteroatoms. The Labute approximate surface area is 187 Å². The summed E-state index contributed by atoms with van der Waals surface area (Å²) in [5.41, 5.74) is 0.0196. The molecule has 7 nitrogen and oxygen atoms in total. The van der Waals surface area contributed by atoms with E-state index in [1.807, 2.05) is 0 Å². The fourth-order valence-electron chi connectivity index (χ4n) is 4.10. The highest BCUT2D eigenvalue weighted by atomic mass is 32.2. The van der Waals surface area contributed by atoms with Gasteiger partial charge in [0.15, 0.2) is 11.6 Å². The second-order valence-electron chi connectivity index (χ2n) is 9.07. The standard InChI is InChI=1S/C23H29FN2O5S/c24-19-9-8-18(14-20(19)31-15-16-5-4-6-16)23(10-11-23)26-32(29,30)12-3-1-2-7-17-13-21(27)25-22(17)28/h1-2,8-9,14,16-17,26H,3-7,10-13,15H2,(H,25,27,28)/b2-1+. The lowest BCUT2D eigenvalue weighted by atomic mass is 9.86. The summed E-state index contributed by atoms with van der Waals surface area (Å²) < 4.78 is 47.9. The van der Waals surface area contributed by atoms with E-state index in [4.69, 9.17) is 4.74 Å². The van der Waals surface area contributed by atoms with Gasteiger partial charge in [-0.3, -0.25) is 14.9 Å². The van der Waals surface area contributed by atoms with Gasteiger partial charge in [0.1, 0.15) is 0 Å². The molecular weight excluding hydrogens is 435 g/mol. The van der Waals surface area contributed by atoms with E-state index >= 15 is 0 Å². The van der Waals surface area contributed by atoms with Gasteiger partial charge in [0.25, 0.3) is 0 Å². The van der Waals surface area contributed by atoms with Crippen molar-refractivity contribution in [2.24, 2.45) is 11.8 Å². The molecule has 1 aromatic carbocycles. The van der Waals surface area contributed by atoms with Gasteiger partial charge in [-0.1, -0.05) is 24.6 Å². The van der Waals surface area contributed by atoms with Crippen molar-refractivity contribution in [1.82, 2.24) is 10.0 Å². The average Bonchev–Trinajstić information content (AvgIpc) is 3.38. The molecule has 3 aliphatic rings. The monoisotopic (exact) mass is 464 g/mol. The molecule has 1 saturated heterocycles. The van der Waals surface area contributed by atoms with Crippen LogP contribution in [0.5, 0.6) is 5.75 Å². The number of halogens is 1. The summed E-state index contributed by atoms with van der Waals surface area (Å²) in [6.07, 6.45) is 9.05. The lowest BCUT2D eigenvalue weighted by Crippen LogP contribution is -2.36. The van der Waals surface area contributed by atoms with E-state index < -0.39 is 21.4 Å². The number of hydrogen-bond acceptors (Lipinski definition) is 5. The van der Waals surface area contributed by atoms with Crippen molar-refractivity contribution >= 4 is 21.8 Å². The Kier molecular flexibility index (Phi) is 6.67. The summed E-state index contributed by atoms with van der Waals surface area (Å²) >= 11 is 0. The highest BCUT2D eigenvalue weighted by Gasteiger charge is 2.47. The van der Waals surface area contributed by atoms with Gasteiger partial charge in [0, 0.05) is 6.42 Å². The van der Waals surface area contributed by atoms with E-state index in [-0.39, 0.29) is 35.7 Å². The Balaban J connectivity index is 1.30. The van der Waals surface area contributed by atoms with E-state index in [1.165, 1.54) is 12.5 Å². The van der Waals surface area contributed by atoms with Crippen LogP contribution >= 0.6 is 0 Å². The maximum Gasteiger partial charge on any atom is 0.230 e. The number of carbonyl (C=O) groups is 2. The van der Waals surface area contributed by atoms with Crippen molar-refractivity contribution in [2.75, 3.05) is 12.4 Å². The SMILES string of the molecule is O=C1CC(C/C=C/CCS(=O)(=O)NC2(c3ccc(F)c(OCC4CCC4)c3)CC2)C(=O)N1. The zero-order chi connectivity index (χ0) is 22.8. The molecule has 2 amide bonds. The quantitative estimate of drug-likeness (QED) is 0.387. The Bertz CT molecular complexity index is 1020. The number of hydrogen-bond donors (Lipinski definition) is 2. The third-order valence-corrected chi connectivity index (χ3v) is 7.96. The van der Waals surface area contributed by atoms with Crippen LogP contribution in [0.1, 0.15) is 56.9 Å². The summed E-state index contributed by atoms with van der Waals surface area (Å²) in [5.74, 6) is -0.794. The molecule has 1 atom stereocenters. The highest BCUT2D eigenvalue weighted by molar-refractivity contribution is 7.89. The minimum absolute atomic E-state index is 0.0900. The molecule has 2 aliphatic carbocycles. The van der Waals surface area contributed by atoms with Gasteiger partial charge in [-0.05, 0) is 62.1 Å². The van der Waals surface area contributed by atoms with Gasteiger partial charge in [0.05, 0.1) is 23.8 Å².